The van der Waals surface area contributed by atoms with Gasteiger partial charge in [-0.1, -0.05) is 0 Å². The van der Waals surface area contributed by atoms with E-state index in [-0.39, 0.29) is 5.95 Å². The zero-order chi connectivity index (χ0) is 13.9. The summed E-state index contributed by atoms with van der Waals surface area (Å²) in [5.74, 6) is 0.870. The number of nitrogens with zero attached hydrogens (tertiary/aromatic N) is 5. The van der Waals surface area contributed by atoms with Crippen molar-refractivity contribution >= 4 is 23.7 Å². The quantitative estimate of drug-likeness (QED) is 0.916. The van der Waals surface area contributed by atoms with E-state index < -0.39 is 0 Å². The average Bonchev–Trinajstić information content (AvgIpc) is 2.84. The molecule has 1 saturated heterocycles. The maximum absolute atomic E-state index is 5.77. The molecule has 0 unspecified atom stereocenters. The molecule has 20 heavy (non-hydrogen) atoms. The number of anilines is 2. The summed E-state index contributed by atoms with van der Waals surface area (Å²) in [6, 6.07) is 0. The average molecular weight is 292 g/mol. The number of oxazole rings is 1. The molecule has 0 saturated carbocycles. The predicted octanol–water partition coefficient (Wildman–Crippen LogP) is 1.89. The first kappa shape index (κ1) is 13.2. The largest absolute Gasteiger partial charge is 0.439 e. The zero-order valence-corrected chi connectivity index (χ0v) is 12.1. The summed E-state index contributed by atoms with van der Waals surface area (Å²) in [5, 5.41) is 1.03. The fraction of sp³-hybridized carbons (Fsp3) is 0.500. The molecule has 2 aromatic heterocycles. The third-order valence-corrected chi connectivity index (χ3v) is 3.76. The highest BCUT2D eigenvalue weighted by Crippen LogP contribution is 2.26. The smallest absolute Gasteiger partial charge is 0.263 e. The third-order valence-electron chi connectivity index (χ3n) is 3.04. The molecule has 0 radical (unpaired) electrons. The van der Waals surface area contributed by atoms with Gasteiger partial charge in [0.25, 0.3) is 5.22 Å². The molecule has 2 aromatic rings. The molecule has 0 aromatic carbocycles. The second-order valence-corrected chi connectivity index (χ2v) is 5.60. The van der Waals surface area contributed by atoms with Gasteiger partial charge in [-0.15, -0.1) is 0 Å². The molecular weight excluding hydrogens is 276 g/mol. The lowest BCUT2D eigenvalue weighted by atomic mass is 10.1. The Kier molecular flexibility index (Phi) is 3.72. The van der Waals surface area contributed by atoms with Gasteiger partial charge in [0.2, 0.25) is 17.1 Å². The van der Waals surface area contributed by atoms with Gasteiger partial charge in [-0.3, -0.25) is 0 Å². The first-order valence-electron chi connectivity index (χ1n) is 6.57. The maximum atomic E-state index is 5.77. The van der Waals surface area contributed by atoms with Gasteiger partial charge in [0.05, 0.1) is 5.69 Å². The van der Waals surface area contributed by atoms with Gasteiger partial charge in [0, 0.05) is 24.9 Å². The van der Waals surface area contributed by atoms with Crippen LogP contribution < -0.4 is 10.6 Å². The minimum Gasteiger partial charge on any atom is -0.439 e. The van der Waals surface area contributed by atoms with Crippen LogP contribution in [0.15, 0.2) is 21.1 Å². The Balaban J connectivity index is 1.82. The Labute approximate surface area is 121 Å². The molecule has 0 bridgehead atoms. The topological polar surface area (TPSA) is 94.0 Å². The van der Waals surface area contributed by atoms with Gasteiger partial charge in [-0.25, -0.2) is 4.98 Å². The lowest BCUT2D eigenvalue weighted by molar-refractivity contribution is 0.453. The summed E-state index contributed by atoms with van der Waals surface area (Å²) in [7, 11) is 0. The van der Waals surface area contributed by atoms with Gasteiger partial charge in [-0.2, -0.15) is 15.0 Å². The molecule has 1 aliphatic rings. The minimum absolute atomic E-state index is 0.228. The lowest BCUT2D eigenvalue weighted by Crippen LogP contribution is -2.31. The molecule has 1 aliphatic heterocycles. The fourth-order valence-electron chi connectivity index (χ4n) is 2.10. The van der Waals surface area contributed by atoms with Crippen LogP contribution in [0.3, 0.4) is 0 Å². The van der Waals surface area contributed by atoms with Crippen LogP contribution in [0.4, 0.5) is 11.9 Å². The van der Waals surface area contributed by atoms with Crippen LogP contribution in [0.25, 0.3) is 0 Å². The van der Waals surface area contributed by atoms with Crippen LogP contribution in [0, 0.1) is 6.92 Å². The number of rotatable bonds is 3. The molecular formula is C12H16N6OS. The predicted molar refractivity (Wildman–Crippen MR) is 75.7 cm³/mol. The van der Waals surface area contributed by atoms with E-state index in [1.54, 1.807) is 6.26 Å². The van der Waals surface area contributed by atoms with Gasteiger partial charge < -0.3 is 15.1 Å². The van der Waals surface area contributed by atoms with Crippen molar-refractivity contribution in [3.05, 3.63) is 12.0 Å². The molecule has 3 rings (SSSR count). The fourth-order valence-corrected chi connectivity index (χ4v) is 2.81. The van der Waals surface area contributed by atoms with Gasteiger partial charge in [0.1, 0.15) is 6.26 Å². The van der Waals surface area contributed by atoms with Gasteiger partial charge >= 0.3 is 0 Å². The number of aryl methyl sites for hydroxylation is 1. The Morgan fingerprint density at radius 3 is 2.65 bits per heavy atom. The summed E-state index contributed by atoms with van der Waals surface area (Å²) >= 11 is 1.25. The van der Waals surface area contributed by atoms with Crippen LogP contribution in [-0.4, -0.2) is 33.0 Å². The van der Waals surface area contributed by atoms with E-state index in [1.807, 2.05) is 6.92 Å². The van der Waals surface area contributed by atoms with E-state index in [2.05, 4.69) is 24.8 Å². The summed E-state index contributed by atoms with van der Waals surface area (Å²) < 4.78 is 5.29. The van der Waals surface area contributed by atoms with E-state index in [9.17, 15) is 0 Å². The standard InChI is InChI=1S/C12H16N6OS/c1-8-7-19-12(14-8)20-11-16-9(13)15-10(17-11)18-5-3-2-4-6-18/h7H,2-6H2,1H3,(H2,13,15,16,17). The molecule has 0 aliphatic carbocycles. The Morgan fingerprint density at radius 2 is 1.95 bits per heavy atom. The van der Waals surface area contributed by atoms with Crippen molar-refractivity contribution in [2.75, 3.05) is 23.7 Å². The van der Waals surface area contributed by atoms with E-state index >= 15 is 0 Å². The van der Waals surface area contributed by atoms with Crippen LogP contribution in [0.5, 0.6) is 0 Å². The Morgan fingerprint density at radius 1 is 1.15 bits per heavy atom. The first-order valence-corrected chi connectivity index (χ1v) is 7.39. The molecule has 0 spiro atoms. The summed E-state index contributed by atoms with van der Waals surface area (Å²) in [4.78, 5) is 19.2. The van der Waals surface area contributed by atoms with Crippen molar-refractivity contribution in [2.24, 2.45) is 0 Å². The molecule has 0 atom stereocenters. The summed E-state index contributed by atoms with van der Waals surface area (Å²) in [6.07, 6.45) is 5.17. The lowest BCUT2D eigenvalue weighted by Gasteiger charge is -2.26. The highest BCUT2D eigenvalue weighted by atomic mass is 32.2. The molecule has 2 N–H and O–H groups in total. The van der Waals surface area contributed by atoms with E-state index in [4.69, 9.17) is 10.2 Å². The van der Waals surface area contributed by atoms with E-state index in [1.165, 1.54) is 18.2 Å². The van der Waals surface area contributed by atoms with Crippen LogP contribution in [0.1, 0.15) is 25.0 Å². The second-order valence-electron chi connectivity index (χ2n) is 4.68. The van der Waals surface area contributed by atoms with Crippen molar-refractivity contribution in [1.82, 2.24) is 19.9 Å². The maximum Gasteiger partial charge on any atom is 0.263 e. The van der Waals surface area contributed by atoms with Crippen molar-refractivity contribution in [2.45, 2.75) is 36.6 Å². The molecule has 3 heterocycles. The molecule has 0 amide bonds. The van der Waals surface area contributed by atoms with E-state index in [0.29, 0.717) is 16.3 Å². The Bertz CT molecular complexity index is 595. The van der Waals surface area contributed by atoms with E-state index in [0.717, 1.165) is 31.6 Å². The van der Waals surface area contributed by atoms with Crippen LogP contribution >= 0.6 is 11.8 Å². The molecule has 7 nitrogen and oxygen atoms in total. The Hall–Kier alpha value is -1.83. The normalized spacial score (nSPS) is 15.6. The van der Waals surface area contributed by atoms with Crippen molar-refractivity contribution < 1.29 is 4.42 Å². The number of hydrogen-bond acceptors (Lipinski definition) is 8. The number of nitrogen functional groups attached to an aromatic ring is 1. The van der Waals surface area contributed by atoms with Gasteiger partial charge in [-0.05, 0) is 26.2 Å². The SMILES string of the molecule is Cc1coc(Sc2nc(N)nc(N3CCCCC3)n2)n1. The van der Waals surface area contributed by atoms with Crippen molar-refractivity contribution in [3.63, 3.8) is 0 Å². The third kappa shape index (κ3) is 3.01. The van der Waals surface area contributed by atoms with Gasteiger partial charge in [0.15, 0.2) is 0 Å². The second kappa shape index (κ2) is 5.66. The molecule has 8 heteroatoms. The zero-order valence-electron chi connectivity index (χ0n) is 11.2. The highest BCUT2D eigenvalue weighted by Gasteiger charge is 2.16. The number of hydrogen-bond donors (Lipinski definition) is 1. The number of nitrogens with two attached hydrogens (primary N) is 1. The molecule has 1 fully saturated rings. The van der Waals surface area contributed by atoms with Crippen molar-refractivity contribution in [3.8, 4) is 0 Å². The summed E-state index contributed by atoms with van der Waals surface area (Å²) in [5.41, 5.74) is 6.60. The molecule has 106 valence electrons. The highest BCUT2D eigenvalue weighted by molar-refractivity contribution is 7.98. The minimum atomic E-state index is 0.228. The summed E-state index contributed by atoms with van der Waals surface area (Å²) in [6.45, 7) is 3.80. The first-order chi connectivity index (χ1) is 9.70. The van der Waals surface area contributed by atoms with Crippen molar-refractivity contribution in [1.29, 1.82) is 0 Å². The van der Waals surface area contributed by atoms with Crippen LogP contribution in [0.2, 0.25) is 0 Å². The van der Waals surface area contributed by atoms with Crippen LogP contribution in [-0.2, 0) is 0 Å². The monoisotopic (exact) mass is 292 g/mol. The number of piperidine rings is 1. The number of aromatic nitrogens is 4.